The van der Waals surface area contributed by atoms with Crippen molar-refractivity contribution >= 4 is 17.2 Å². The second-order valence-corrected chi connectivity index (χ2v) is 3.82. The lowest BCUT2D eigenvalue weighted by atomic mass is 10.2. The lowest BCUT2D eigenvalue weighted by Crippen LogP contribution is -1.97. The Bertz CT molecular complexity index is 579. The van der Waals surface area contributed by atoms with Crippen LogP contribution in [0, 0.1) is 17.0 Å². The van der Waals surface area contributed by atoms with Gasteiger partial charge >= 0.3 is 0 Å². The van der Waals surface area contributed by atoms with Gasteiger partial charge in [0.2, 0.25) is 0 Å². The van der Waals surface area contributed by atoms with Gasteiger partial charge in [0.25, 0.3) is 5.69 Å². The molecule has 0 saturated heterocycles. The van der Waals surface area contributed by atoms with Crippen molar-refractivity contribution in [3.05, 3.63) is 40.3 Å². The Labute approximate surface area is 104 Å². The smallest absolute Gasteiger partial charge is 0.277 e. The molecule has 18 heavy (non-hydrogen) atoms. The molecule has 0 fully saturated rings. The van der Waals surface area contributed by atoms with Gasteiger partial charge in [-0.15, -0.1) is 0 Å². The number of nitro groups is 1. The molecule has 0 radical (unpaired) electrons. The fraction of sp³-hybridized carbons (Fsp3) is 0.273. The average molecular weight is 247 g/mol. The van der Waals surface area contributed by atoms with Gasteiger partial charge in [-0.2, -0.15) is 5.10 Å². The van der Waals surface area contributed by atoms with Crippen LogP contribution in [0.25, 0.3) is 0 Å². The zero-order valence-corrected chi connectivity index (χ0v) is 10.1. The van der Waals surface area contributed by atoms with Crippen molar-refractivity contribution in [3.8, 4) is 0 Å². The molecule has 7 heteroatoms. The van der Waals surface area contributed by atoms with Gasteiger partial charge in [0.05, 0.1) is 22.9 Å². The molecule has 0 aromatic carbocycles. The van der Waals surface area contributed by atoms with Gasteiger partial charge < -0.3 is 5.32 Å². The largest absolute Gasteiger partial charge is 0.337 e. The van der Waals surface area contributed by atoms with Crippen molar-refractivity contribution in [1.29, 1.82) is 0 Å². The van der Waals surface area contributed by atoms with E-state index in [0.717, 1.165) is 12.2 Å². The molecule has 2 heterocycles. The van der Waals surface area contributed by atoms with E-state index in [-0.39, 0.29) is 5.69 Å². The fourth-order valence-corrected chi connectivity index (χ4v) is 1.53. The summed E-state index contributed by atoms with van der Waals surface area (Å²) in [6.07, 6.45) is 4.94. The molecule has 0 atom stereocenters. The first-order valence-corrected chi connectivity index (χ1v) is 5.50. The maximum absolute atomic E-state index is 10.8. The van der Waals surface area contributed by atoms with Gasteiger partial charge in [0.1, 0.15) is 5.82 Å². The molecule has 0 aliphatic carbocycles. The highest BCUT2D eigenvalue weighted by molar-refractivity contribution is 5.58. The topological polar surface area (TPSA) is 85.9 Å². The van der Waals surface area contributed by atoms with E-state index in [0.29, 0.717) is 11.4 Å². The number of anilines is 2. The van der Waals surface area contributed by atoms with Crippen LogP contribution in [0.4, 0.5) is 17.2 Å². The molecule has 0 bridgehead atoms. The zero-order chi connectivity index (χ0) is 13.1. The van der Waals surface area contributed by atoms with Crippen LogP contribution in [0.3, 0.4) is 0 Å². The summed E-state index contributed by atoms with van der Waals surface area (Å²) < 4.78 is 1.75. The Morgan fingerprint density at radius 1 is 1.50 bits per heavy atom. The third-order valence-corrected chi connectivity index (χ3v) is 2.50. The van der Waals surface area contributed by atoms with Crippen LogP contribution in [-0.2, 0) is 6.54 Å². The number of pyridine rings is 1. The van der Waals surface area contributed by atoms with E-state index in [1.807, 2.05) is 13.1 Å². The van der Waals surface area contributed by atoms with Crippen LogP contribution in [0.5, 0.6) is 0 Å². The molecule has 7 nitrogen and oxygen atoms in total. The molecule has 1 N–H and O–H groups in total. The summed E-state index contributed by atoms with van der Waals surface area (Å²) in [5.41, 5.74) is 1.34. The number of hydrogen-bond donors (Lipinski definition) is 1. The third-order valence-electron chi connectivity index (χ3n) is 2.50. The van der Waals surface area contributed by atoms with Crippen LogP contribution < -0.4 is 5.32 Å². The minimum atomic E-state index is -0.419. The van der Waals surface area contributed by atoms with Gasteiger partial charge in [0.15, 0.2) is 0 Å². The predicted octanol–water partition coefficient (Wildman–Crippen LogP) is 2.26. The van der Waals surface area contributed by atoms with Gasteiger partial charge in [-0.05, 0) is 13.8 Å². The normalized spacial score (nSPS) is 10.3. The van der Waals surface area contributed by atoms with Gasteiger partial charge in [0, 0.05) is 24.5 Å². The van der Waals surface area contributed by atoms with E-state index in [1.165, 1.54) is 12.3 Å². The summed E-state index contributed by atoms with van der Waals surface area (Å²) in [5.74, 6) is 0.433. The van der Waals surface area contributed by atoms with Crippen LogP contribution in [0.2, 0.25) is 0 Å². The van der Waals surface area contributed by atoms with Crippen LogP contribution >= 0.6 is 0 Å². The van der Waals surface area contributed by atoms with E-state index in [2.05, 4.69) is 15.4 Å². The minimum absolute atomic E-state index is 0.0513. The molecule has 0 aliphatic rings. The second-order valence-electron chi connectivity index (χ2n) is 3.82. The molecule has 0 unspecified atom stereocenters. The molecule has 0 aliphatic heterocycles. The first-order chi connectivity index (χ1) is 8.60. The maximum Gasteiger partial charge on any atom is 0.277 e. The Morgan fingerprint density at radius 2 is 2.28 bits per heavy atom. The Hall–Kier alpha value is -2.44. The van der Waals surface area contributed by atoms with Gasteiger partial charge in [-0.1, -0.05) is 0 Å². The molecular formula is C11H13N5O2. The Morgan fingerprint density at radius 3 is 2.89 bits per heavy atom. The first-order valence-electron chi connectivity index (χ1n) is 5.50. The zero-order valence-electron chi connectivity index (χ0n) is 10.1. The highest BCUT2D eigenvalue weighted by Gasteiger charge is 2.12. The molecule has 0 spiro atoms. The summed E-state index contributed by atoms with van der Waals surface area (Å²) in [7, 11) is 0. The van der Waals surface area contributed by atoms with Gasteiger partial charge in [-0.3, -0.25) is 14.8 Å². The van der Waals surface area contributed by atoms with E-state index in [1.54, 1.807) is 17.8 Å². The van der Waals surface area contributed by atoms with Crippen molar-refractivity contribution in [2.45, 2.75) is 20.4 Å². The number of rotatable bonds is 4. The van der Waals surface area contributed by atoms with Crippen molar-refractivity contribution < 1.29 is 4.92 Å². The number of nitrogens with one attached hydrogen (secondary N) is 1. The van der Waals surface area contributed by atoms with Crippen molar-refractivity contribution in [2.75, 3.05) is 5.32 Å². The monoisotopic (exact) mass is 247 g/mol. The molecule has 2 rings (SSSR count). The lowest BCUT2D eigenvalue weighted by molar-refractivity contribution is -0.385. The fourth-order valence-electron chi connectivity index (χ4n) is 1.53. The van der Waals surface area contributed by atoms with Crippen molar-refractivity contribution in [2.24, 2.45) is 0 Å². The van der Waals surface area contributed by atoms with E-state index >= 15 is 0 Å². The number of aromatic nitrogens is 3. The lowest BCUT2D eigenvalue weighted by Gasteiger charge is -2.03. The molecule has 2 aromatic rings. The maximum atomic E-state index is 10.8. The second kappa shape index (κ2) is 4.82. The van der Waals surface area contributed by atoms with Crippen molar-refractivity contribution in [1.82, 2.24) is 14.8 Å². The van der Waals surface area contributed by atoms with E-state index < -0.39 is 4.92 Å². The Kier molecular flexibility index (Phi) is 3.22. The summed E-state index contributed by atoms with van der Waals surface area (Å²) in [6, 6.07) is 1.42. The number of aryl methyl sites for hydroxylation is 2. The SMILES string of the molecule is CCn1cc(Nc2cc([N+](=O)[O-])c(C)cn2)cn1. The highest BCUT2D eigenvalue weighted by atomic mass is 16.6. The molecule has 0 amide bonds. The number of hydrogen-bond acceptors (Lipinski definition) is 5. The summed E-state index contributed by atoms with van der Waals surface area (Å²) in [6.45, 7) is 4.40. The molecule has 0 saturated carbocycles. The quantitative estimate of drug-likeness (QED) is 0.661. The molecule has 2 aromatic heterocycles. The molecular weight excluding hydrogens is 234 g/mol. The van der Waals surface area contributed by atoms with Crippen LogP contribution in [0.15, 0.2) is 24.7 Å². The number of nitrogens with zero attached hydrogens (tertiary/aromatic N) is 4. The van der Waals surface area contributed by atoms with Gasteiger partial charge in [-0.25, -0.2) is 4.98 Å². The van der Waals surface area contributed by atoms with Crippen molar-refractivity contribution in [3.63, 3.8) is 0 Å². The average Bonchev–Trinajstić information content (AvgIpc) is 2.79. The standard InChI is InChI=1S/C11H13N5O2/c1-3-15-7-9(6-13-15)14-11-4-10(16(17)18)8(2)5-12-11/h4-7H,3H2,1-2H3,(H,12,14). The molecule has 94 valence electrons. The minimum Gasteiger partial charge on any atom is -0.337 e. The van der Waals surface area contributed by atoms with E-state index in [9.17, 15) is 10.1 Å². The van der Waals surface area contributed by atoms with Crippen LogP contribution in [0.1, 0.15) is 12.5 Å². The van der Waals surface area contributed by atoms with Crippen LogP contribution in [-0.4, -0.2) is 19.7 Å². The summed E-state index contributed by atoms with van der Waals surface area (Å²) in [4.78, 5) is 14.5. The first kappa shape index (κ1) is 12.0. The third kappa shape index (κ3) is 2.45. The Balaban J connectivity index is 2.24. The van der Waals surface area contributed by atoms with E-state index in [4.69, 9.17) is 0 Å². The summed E-state index contributed by atoms with van der Waals surface area (Å²) in [5, 5.41) is 17.9. The predicted molar refractivity (Wildman–Crippen MR) is 66.8 cm³/mol. The summed E-state index contributed by atoms with van der Waals surface area (Å²) >= 11 is 0. The highest BCUT2D eigenvalue weighted by Crippen LogP contribution is 2.22.